The molecule has 2 N–H and O–H groups in total. The van der Waals surface area contributed by atoms with Gasteiger partial charge in [0.15, 0.2) is 0 Å². The summed E-state index contributed by atoms with van der Waals surface area (Å²) >= 11 is 0. The maximum atomic E-state index is 14.5. The average molecular weight is 487 g/mol. The van der Waals surface area contributed by atoms with Crippen LogP contribution in [-0.4, -0.2) is 53.3 Å². The number of likely N-dealkylation sites (tertiary alicyclic amines) is 1. The number of carbonyl (C=O) groups excluding carboxylic acids is 1. The van der Waals surface area contributed by atoms with Gasteiger partial charge in [-0.3, -0.25) is 4.79 Å². The van der Waals surface area contributed by atoms with Crippen molar-refractivity contribution in [3.8, 4) is 23.0 Å². The first-order valence-electron chi connectivity index (χ1n) is 12.8. The van der Waals surface area contributed by atoms with E-state index in [2.05, 4.69) is 10.6 Å². The zero-order valence-electron chi connectivity index (χ0n) is 20.3. The molecule has 1 atom stereocenters. The summed E-state index contributed by atoms with van der Waals surface area (Å²) < 4.78 is 16.2. The largest absolute Gasteiger partial charge is 0.368 e. The van der Waals surface area contributed by atoms with Crippen LogP contribution >= 0.6 is 0 Å². The highest BCUT2D eigenvalue weighted by molar-refractivity contribution is 5.94. The third kappa shape index (κ3) is 5.26. The second-order valence-corrected chi connectivity index (χ2v) is 9.61. The van der Waals surface area contributed by atoms with Gasteiger partial charge in [-0.2, -0.15) is 5.26 Å². The van der Waals surface area contributed by atoms with E-state index in [9.17, 15) is 9.18 Å². The molecule has 0 radical (unpaired) electrons. The van der Waals surface area contributed by atoms with Crippen molar-refractivity contribution in [2.45, 2.75) is 32.1 Å². The van der Waals surface area contributed by atoms with E-state index in [1.165, 1.54) is 25.0 Å². The van der Waals surface area contributed by atoms with Gasteiger partial charge in [0.1, 0.15) is 17.7 Å². The average Bonchev–Trinajstić information content (AvgIpc) is 3.52. The fourth-order valence-electron chi connectivity index (χ4n) is 5.03. The van der Waals surface area contributed by atoms with E-state index in [0.717, 1.165) is 57.7 Å². The molecule has 1 aromatic heterocycles. The lowest BCUT2D eigenvalue weighted by Crippen LogP contribution is -2.27. The number of carbonyl (C=O) groups is 1. The molecule has 3 aromatic rings. The summed E-state index contributed by atoms with van der Waals surface area (Å²) in [6.07, 6.45) is 5.55. The number of benzene rings is 2. The second-order valence-electron chi connectivity index (χ2n) is 9.61. The summed E-state index contributed by atoms with van der Waals surface area (Å²) in [5.41, 5.74) is 2.78. The molecule has 2 fully saturated rings. The lowest BCUT2D eigenvalue weighted by molar-refractivity contribution is 0.0793. The van der Waals surface area contributed by atoms with E-state index in [0.29, 0.717) is 28.6 Å². The molecule has 2 aromatic carbocycles. The number of rotatable bonds is 6. The Labute approximate surface area is 210 Å². The van der Waals surface area contributed by atoms with Gasteiger partial charge < -0.3 is 15.5 Å². The molecular weight excluding hydrogens is 455 g/mol. The maximum absolute atomic E-state index is 14.5. The first-order valence-corrected chi connectivity index (χ1v) is 12.8. The van der Waals surface area contributed by atoms with Crippen LogP contribution in [0.4, 0.5) is 10.2 Å². The minimum absolute atomic E-state index is 0.00918. The Bertz CT molecular complexity index is 1250. The maximum Gasteiger partial charge on any atom is 0.253 e. The molecule has 1 amide bonds. The normalized spacial score (nSPS) is 18.0. The standard InChI is InChI=1S/C28H31FN6O/c29-25-16-22(5-6-23(25)18-30)26-17-27(32-19-20-4-3-12-31-13-11-20)33-35(26)24-9-7-21(8-10-24)28(36)34-14-1-2-15-34/h5-10,16-17,20,31H,1-4,11-15,19H2,(H,32,33)/t20-/m1/s1. The molecule has 0 spiro atoms. The molecule has 5 rings (SSSR count). The highest BCUT2D eigenvalue weighted by atomic mass is 19.1. The molecule has 7 nitrogen and oxygen atoms in total. The van der Waals surface area contributed by atoms with Gasteiger partial charge in [0.2, 0.25) is 0 Å². The zero-order valence-corrected chi connectivity index (χ0v) is 20.3. The highest BCUT2D eigenvalue weighted by Gasteiger charge is 2.20. The Hall–Kier alpha value is -3.70. The van der Waals surface area contributed by atoms with Crippen molar-refractivity contribution in [1.29, 1.82) is 5.26 Å². The van der Waals surface area contributed by atoms with E-state index in [4.69, 9.17) is 10.4 Å². The SMILES string of the molecule is N#Cc1ccc(-c2cc(NC[C@@H]3CCCNCC3)nn2-c2ccc(C(=O)N3CCCC3)cc2)cc1F. The van der Waals surface area contributed by atoms with E-state index >= 15 is 0 Å². The van der Waals surface area contributed by atoms with Crippen molar-refractivity contribution in [3.63, 3.8) is 0 Å². The fraction of sp³-hybridized carbons (Fsp3) is 0.393. The van der Waals surface area contributed by atoms with Crippen molar-refractivity contribution in [1.82, 2.24) is 20.0 Å². The number of nitriles is 1. The lowest BCUT2D eigenvalue weighted by Gasteiger charge is -2.15. The van der Waals surface area contributed by atoms with Crippen LogP contribution in [-0.2, 0) is 0 Å². The number of anilines is 1. The molecule has 8 heteroatoms. The smallest absolute Gasteiger partial charge is 0.253 e. The van der Waals surface area contributed by atoms with Gasteiger partial charge in [0.05, 0.1) is 16.9 Å². The minimum atomic E-state index is -0.560. The first kappa shape index (κ1) is 24.0. The summed E-state index contributed by atoms with van der Waals surface area (Å²) in [6, 6.07) is 15.8. The molecule has 0 unspecified atom stereocenters. The Morgan fingerprint density at radius 2 is 1.89 bits per heavy atom. The number of nitrogens with zero attached hydrogens (tertiary/aromatic N) is 4. The molecule has 2 aliphatic heterocycles. The van der Waals surface area contributed by atoms with Gasteiger partial charge in [-0.05, 0) is 87.5 Å². The second kappa shape index (κ2) is 10.9. The van der Waals surface area contributed by atoms with Crippen molar-refractivity contribution in [2.24, 2.45) is 5.92 Å². The summed E-state index contributed by atoms with van der Waals surface area (Å²) in [6.45, 7) is 4.53. The lowest BCUT2D eigenvalue weighted by atomic mass is 10.0. The number of hydrogen-bond acceptors (Lipinski definition) is 5. The summed E-state index contributed by atoms with van der Waals surface area (Å²) in [4.78, 5) is 14.7. The molecule has 0 bridgehead atoms. The molecule has 186 valence electrons. The third-order valence-corrected chi connectivity index (χ3v) is 7.11. The number of aromatic nitrogens is 2. The van der Waals surface area contributed by atoms with E-state index in [1.54, 1.807) is 10.7 Å². The fourth-order valence-corrected chi connectivity index (χ4v) is 5.03. The number of amides is 1. The third-order valence-electron chi connectivity index (χ3n) is 7.11. The summed E-state index contributed by atoms with van der Waals surface area (Å²) in [5, 5.41) is 20.8. The number of hydrogen-bond donors (Lipinski definition) is 2. The Morgan fingerprint density at radius 3 is 2.64 bits per heavy atom. The van der Waals surface area contributed by atoms with Crippen molar-refractivity contribution < 1.29 is 9.18 Å². The van der Waals surface area contributed by atoms with Crippen LogP contribution in [0.3, 0.4) is 0 Å². The monoisotopic (exact) mass is 486 g/mol. The van der Waals surface area contributed by atoms with Crippen LogP contribution in [0, 0.1) is 23.1 Å². The van der Waals surface area contributed by atoms with Crippen LogP contribution in [0.5, 0.6) is 0 Å². The molecule has 2 saturated heterocycles. The van der Waals surface area contributed by atoms with Crippen LogP contribution < -0.4 is 10.6 Å². The van der Waals surface area contributed by atoms with Gasteiger partial charge in [0, 0.05) is 36.8 Å². The predicted molar refractivity (Wildman–Crippen MR) is 138 cm³/mol. The minimum Gasteiger partial charge on any atom is -0.368 e. The molecular formula is C28H31FN6O. The predicted octanol–water partition coefficient (Wildman–Crippen LogP) is 4.59. The molecule has 36 heavy (non-hydrogen) atoms. The molecule has 3 heterocycles. The van der Waals surface area contributed by atoms with Crippen LogP contribution in [0.25, 0.3) is 16.9 Å². The van der Waals surface area contributed by atoms with Gasteiger partial charge in [-0.15, -0.1) is 5.10 Å². The molecule has 0 aliphatic carbocycles. The van der Waals surface area contributed by atoms with Gasteiger partial charge >= 0.3 is 0 Å². The van der Waals surface area contributed by atoms with Crippen molar-refractivity contribution in [3.05, 3.63) is 65.5 Å². The molecule has 2 aliphatic rings. The molecule has 0 saturated carbocycles. The number of halogens is 1. The Balaban J connectivity index is 1.43. The van der Waals surface area contributed by atoms with Crippen molar-refractivity contribution in [2.75, 3.05) is 38.0 Å². The van der Waals surface area contributed by atoms with Crippen LogP contribution in [0.15, 0.2) is 48.5 Å². The van der Waals surface area contributed by atoms with E-state index < -0.39 is 5.82 Å². The first-order chi connectivity index (χ1) is 17.6. The Morgan fingerprint density at radius 1 is 1.08 bits per heavy atom. The van der Waals surface area contributed by atoms with Crippen molar-refractivity contribution >= 4 is 11.7 Å². The van der Waals surface area contributed by atoms with Gasteiger partial charge in [-0.1, -0.05) is 6.07 Å². The zero-order chi connectivity index (χ0) is 24.9. The van der Waals surface area contributed by atoms with Gasteiger partial charge in [-0.25, -0.2) is 9.07 Å². The summed E-state index contributed by atoms with van der Waals surface area (Å²) in [5.74, 6) is 0.768. The number of nitrogens with one attached hydrogen (secondary N) is 2. The topological polar surface area (TPSA) is 86.0 Å². The van der Waals surface area contributed by atoms with Crippen LogP contribution in [0.1, 0.15) is 48.0 Å². The highest BCUT2D eigenvalue weighted by Crippen LogP contribution is 2.28. The summed E-state index contributed by atoms with van der Waals surface area (Å²) in [7, 11) is 0. The van der Waals surface area contributed by atoms with E-state index in [-0.39, 0.29) is 11.5 Å². The van der Waals surface area contributed by atoms with Gasteiger partial charge in [0.25, 0.3) is 5.91 Å². The Kier molecular flexibility index (Phi) is 7.28. The quantitative estimate of drug-likeness (QED) is 0.532. The van der Waals surface area contributed by atoms with E-state index in [1.807, 2.05) is 41.3 Å². The van der Waals surface area contributed by atoms with Crippen LogP contribution in [0.2, 0.25) is 0 Å².